The lowest BCUT2D eigenvalue weighted by atomic mass is 10.1. The van der Waals surface area contributed by atoms with Crippen molar-refractivity contribution < 1.29 is 9.84 Å². The van der Waals surface area contributed by atoms with Crippen LogP contribution in [0.15, 0.2) is 34.1 Å². The van der Waals surface area contributed by atoms with Gasteiger partial charge in [-0.15, -0.1) is 10.2 Å². The summed E-state index contributed by atoms with van der Waals surface area (Å²) in [6.45, 7) is 2.24. The molecule has 1 N–H and O–H groups in total. The van der Waals surface area contributed by atoms with Gasteiger partial charge in [0.25, 0.3) is 0 Å². The first-order valence-electron chi connectivity index (χ1n) is 6.09. The van der Waals surface area contributed by atoms with Crippen LogP contribution in [0.1, 0.15) is 18.6 Å². The molecule has 0 aliphatic rings. The van der Waals surface area contributed by atoms with Gasteiger partial charge in [-0.25, -0.2) is 0 Å². The molecule has 0 spiro atoms. The van der Waals surface area contributed by atoms with Crippen molar-refractivity contribution in [2.24, 2.45) is 0 Å². The Hall–Kier alpha value is -0.660. The van der Waals surface area contributed by atoms with Crippen LogP contribution in [0, 0.1) is 0 Å². The van der Waals surface area contributed by atoms with E-state index in [1.165, 1.54) is 23.1 Å². The van der Waals surface area contributed by atoms with Crippen LogP contribution in [0.5, 0.6) is 0 Å². The van der Waals surface area contributed by atoms with Crippen LogP contribution < -0.4 is 0 Å². The van der Waals surface area contributed by atoms with Crippen molar-refractivity contribution >= 4 is 34.7 Å². The van der Waals surface area contributed by atoms with Gasteiger partial charge in [0, 0.05) is 10.8 Å². The van der Waals surface area contributed by atoms with Crippen LogP contribution in [-0.2, 0) is 4.74 Å². The van der Waals surface area contributed by atoms with Crippen LogP contribution in [0.3, 0.4) is 0 Å². The molecule has 7 heteroatoms. The number of halogens is 1. The standard InChI is InChI=1S/C13H15ClN2O2S2/c1-9(10-2-4-11(14)5-3-10)18-6-12(17)7-19-13-16-15-8-20-13/h2-5,8-9,12,17H,6-7H2,1H3/t9-,12-/m0/s1. The van der Waals surface area contributed by atoms with Gasteiger partial charge >= 0.3 is 0 Å². The molecule has 20 heavy (non-hydrogen) atoms. The first-order chi connectivity index (χ1) is 9.65. The molecule has 0 amide bonds. The SMILES string of the molecule is C[C@H](OC[C@H](O)CSc1nncs1)c1ccc(Cl)cc1. The van der Waals surface area contributed by atoms with E-state index in [4.69, 9.17) is 16.3 Å². The average Bonchev–Trinajstić information content (AvgIpc) is 2.96. The molecular formula is C13H15ClN2O2S2. The van der Waals surface area contributed by atoms with E-state index in [1.54, 1.807) is 5.51 Å². The Bertz CT molecular complexity index is 508. The lowest BCUT2D eigenvalue weighted by molar-refractivity contribution is 0.00623. The van der Waals surface area contributed by atoms with Crippen molar-refractivity contribution in [3.05, 3.63) is 40.4 Å². The quantitative estimate of drug-likeness (QED) is 0.788. The topological polar surface area (TPSA) is 55.2 Å². The number of benzene rings is 1. The molecule has 2 rings (SSSR count). The number of aliphatic hydroxyl groups excluding tert-OH is 1. The highest BCUT2D eigenvalue weighted by molar-refractivity contribution is 8.01. The first-order valence-corrected chi connectivity index (χ1v) is 8.33. The third-order valence-corrected chi connectivity index (χ3v) is 4.87. The zero-order valence-electron chi connectivity index (χ0n) is 10.9. The van der Waals surface area contributed by atoms with E-state index in [0.29, 0.717) is 10.8 Å². The molecule has 0 aliphatic carbocycles. The van der Waals surface area contributed by atoms with Gasteiger partial charge in [0.2, 0.25) is 0 Å². The van der Waals surface area contributed by atoms with E-state index >= 15 is 0 Å². The number of hydrogen-bond donors (Lipinski definition) is 1. The molecule has 1 aromatic carbocycles. The van der Waals surface area contributed by atoms with Gasteiger partial charge in [-0.1, -0.05) is 46.8 Å². The average molecular weight is 331 g/mol. The number of ether oxygens (including phenoxy) is 1. The second-order valence-corrected chi connectivity index (χ2v) is 6.73. The molecule has 1 heterocycles. The Kier molecular flexibility index (Phi) is 6.25. The molecule has 0 saturated carbocycles. The summed E-state index contributed by atoms with van der Waals surface area (Å²) in [5.41, 5.74) is 2.71. The van der Waals surface area contributed by atoms with Crippen molar-refractivity contribution in [1.82, 2.24) is 10.2 Å². The summed E-state index contributed by atoms with van der Waals surface area (Å²) in [6, 6.07) is 7.52. The van der Waals surface area contributed by atoms with Gasteiger partial charge in [-0.3, -0.25) is 0 Å². The predicted molar refractivity (Wildman–Crippen MR) is 82.5 cm³/mol. The Labute approximate surface area is 131 Å². The zero-order valence-corrected chi connectivity index (χ0v) is 13.3. The van der Waals surface area contributed by atoms with Crippen molar-refractivity contribution in [2.45, 2.75) is 23.5 Å². The van der Waals surface area contributed by atoms with Crippen molar-refractivity contribution in [3.8, 4) is 0 Å². The van der Waals surface area contributed by atoms with E-state index in [-0.39, 0.29) is 12.7 Å². The normalized spacial score (nSPS) is 14.2. The third-order valence-electron chi connectivity index (χ3n) is 2.62. The van der Waals surface area contributed by atoms with Gasteiger partial charge in [0.1, 0.15) is 5.51 Å². The van der Waals surface area contributed by atoms with E-state index in [0.717, 1.165) is 9.90 Å². The molecule has 0 aliphatic heterocycles. The molecular weight excluding hydrogens is 316 g/mol. The summed E-state index contributed by atoms with van der Waals surface area (Å²) in [4.78, 5) is 0. The minimum absolute atomic E-state index is 0.0755. The summed E-state index contributed by atoms with van der Waals surface area (Å²) >= 11 is 8.79. The fraction of sp³-hybridized carbons (Fsp3) is 0.385. The molecule has 2 aromatic rings. The summed E-state index contributed by atoms with van der Waals surface area (Å²) in [5.74, 6) is 0.544. The number of rotatable bonds is 7. The van der Waals surface area contributed by atoms with Gasteiger partial charge in [-0.05, 0) is 24.6 Å². The molecule has 0 fully saturated rings. The smallest absolute Gasteiger partial charge is 0.174 e. The van der Waals surface area contributed by atoms with E-state index in [1.807, 2.05) is 31.2 Å². The van der Waals surface area contributed by atoms with Crippen molar-refractivity contribution in [2.75, 3.05) is 12.4 Å². The Balaban J connectivity index is 1.72. The summed E-state index contributed by atoms with van der Waals surface area (Å²) in [5, 5.41) is 18.2. The molecule has 4 nitrogen and oxygen atoms in total. The highest BCUT2D eigenvalue weighted by atomic mass is 35.5. The van der Waals surface area contributed by atoms with Crippen LogP contribution in [0.25, 0.3) is 0 Å². The summed E-state index contributed by atoms with van der Waals surface area (Å²) in [6.07, 6.45) is -0.605. The van der Waals surface area contributed by atoms with Crippen LogP contribution in [0.4, 0.5) is 0 Å². The number of hydrogen-bond acceptors (Lipinski definition) is 6. The van der Waals surface area contributed by atoms with Crippen molar-refractivity contribution in [3.63, 3.8) is 0 Å². The van der Waals surface area contributed by atoms with Gasteiger partial charge in [0.05, 0.1) is 18.8 Å². The maximum absolute atomic E-state index is 9.88. The molecule has 2 atom stereocenters. The van der Waals surface area contributed by atoms with Gasteiger partial charge in [0.15, 0.2) is 4.34 Å². The number of aromatic nitrogens is 2. The Morgan fingerprint density at radius 2 is 2.15 bits per heavy atom. The van der Waals surface area contributed by atoms with Gasteiger partial charge < -0.3 is 9.84 Å². The monoisotopic (exact) mass is 330 g/mol. The third kappa shape index (κ3) is 5.03. The molecule has 0 radical (unpaired) electrons. The fourth-order valence-corrected chi connectivity index (χ4v) is 3.07. The van der Waals surface area contributed by atoms with Crippen molar-refractivity contribution in [1.29, 1.82) is 0 Å². The first kappa shape index (κ1) is 15.7. The summed E-state index contributed by atoms with van der Waals surface area (Å²) < 4.78 is 6.52. The Morgan fingerprint density at radius 3 is 2.80 bits per heavy atom. The maximum atomic E-state index is 9.88. The Morgan fingerprint density at radius 1 is 1.40 bits per heavy atom. The largest absolute Gasteiger partial charge is 0.390 e. The van der Waals surface area contributed by atoms with Crippen LogP contribution >= 0.6 is 34.7 Å². The fourth-order valence-electron chi connectivity index (χ4n) is 1.53. The highest BCUT2D eigenvalue weighted by Crippen LogP contribution is 2.22. The number of thioether (sulfide) groups is 1. The minimum Gasteiger partial charge on any atom is -0.390 e. The molecule has 108 valence electrons. The molecule has 0 unspecified atom stereocenters. The number of nitrogens with zero attached hydrogens (tertiary/aromatic N) is 2. The lowest BCUT2D eigenvalue weighted by Gasteiger charge is -2.16. The van der Waals surface area contributed by atoms with E-state index in [9.17, 15) is 5.11 Å². The predicted octanol–water partition coefficient (Wildman–Crippen LogP) is 3.42. The van der Waals surface area contributed by atoms with Crippen LogP contribution in [-0.4, -0.2) is 33.8 Å². The molecule has 0 saturated heterocycles. The molecule has 0 bridgehead atoms. The van der Waals surface area contributed by atoms with Gasteiger partial charge in [-0.2, -0.15) is 0 Å². The zero-order chi connectivity index (χ0) is 14.4. The van der Waals surface area contributed by atoms with Crippen LogP contribution in [0.2, 0.25) is 5.02 Å². The van der Waals surface area contributed by atoms with E-state index in [2.05, 4.69) is 10.2 Å². The lowest BCUT2D eigenvalue weighted by Crippen LogP contribution is -2.19. The molecule has 1 aromatic heterocycles. The maximum Gasteiger partial charge on any atom is 0.174 e. The second kappa shape index (κ2) is 7.95. The second-order valence-electron chi connectivity index (χ2n) is 4.20. The van der Waals surface area contributed by atoms with E-state index < -0.39 is 6.10 Å². The summed E-state index contributed by atoms with van der Waals surface area (Å²) in [7, 11) is 0. The minimum atomic E-state index is -0.529. The highest BCUT2D eigenvalue weighted by Gasteiger charge is 2.11. The number of aliphatic hydroxyl groups is 1.